The Kier molecular flexibility index (Phi) is 9.63. The van der Waals surface area contributed by atoms with Crippen molar-refractivity contribution in [3.8, 4) is 0 Å². The number of rotatable bonds is 11. The summed E-state index contributed by atoms with van der Waals surface area (Å²) in [5, 5.41) is 10.3. The van der Waals surface area contributed by atoms with Crippen LogP contribution in [0.4, 0.5) is 0 Å². The van der Waals surface area contributed by atoms with E-state index in [1.54, 1.807) is 30.3 Å². The highest BCUT2D eigenvalue weighted by molar-refractivity contribution is 7.89. The molecular formula is C23H36N2O4S3. The van der Waals surface area contributed by atoms with Gasteiger partial charge in [-0.1, -0.05) is 32.0 Å². The monoisotopic (exact) mass is 500 g/mol. The molecule has 2 rings (SSSR count). The number of nitrogens with one attached hydrogen (secondary N) is 1. The average Bonchev–Trinajstić information content (AvgIpc) is 3.20. The van der Waals surface area contributed by atoms with Crippen LogP contribution in [0, 0.1) is 5.92 Å². The smallest absolute Gasteiger partial charge is 0.243 e. The molecule has 0 spiro atoms. The molecular weight excluding hydrogens is 464 g/mol. The van der Waals surface area contributed by atoms with E-state index in [9.17, 15) is 17.7 Å². The summed E-state index contributed by atoms with van der Waals surface area (Å²) < 4.78 is 43.6. The Labute approximate surface area is 199 Å². The molecule has 0 saturated heterocycles. The Morgan fingerprint density at radius 2 is 1.66 bits per heavy atom. The number of aliphatic hydroxyl groups excluding tert-OH is 1. The maximum Gasteiger partial charge on any atom is 0.243 e. The predicted octanol–water partition coefficient (Wildman–Crippen LogP) is 4.63. The maximum atomic E-state index is 13.5. The second-order valence-electron chi connectivity index (χ2n) is 9.27. The summed E-state index contributed by atoms with van der Waals surface area (Å²) in [6, 6.07) is 11.3. The Balaban J connectivity index is 2.36. The zero-order valence-corrected chi connectivity index (χ0v) is 22.2. The molecule has 0 fully saturated rings. The fourth-order valence-corrected chi connectivity index (χ4v) is 6.75. The third kappa shape index (κ3) is 6.95. The van der Waals surface area contributed by atoms with Crippen LogP contribution in [0.15, 0.2) is 47.4 Å². The number of benzene rings is 1. The molecule has 1 aromatic heterocycles. The quantitative estimate of drug-likeness (QED) is 0.471. The predicted molar refractivity (Wildman–Crippen MR) is 133 cm³/mol. The number of hydrogen-bond donors (Lipinski definition) is 2. The lowest BCUT2D eigenvalue weighted by molar-refractivity contribution is 0.186. The standard InChI is InChI=1S/C23H36N2O4S3/c1-17(2)14-15-25(32(28,29)19-10-8-7-9-11-19)20(16-26)22-13-12-21(30-22)18(3)24-31(27)23(4,5)6/h7-13,17-18,20,24,26H,14-16H2,1-6H3/t18-,20+,31-/m0/s1. The molecule has 6 nitrogen and oxygen atoms in total. The van der Waals surface area contributed by atoms with Gasteiger partial charge in [-0.15, -0.1) is 11.3 Å². The van der Waals surface area contributed by atoms with Crippen molar-refractivity contribution in [1.29, 1.82) is 0 Å². The first-order valence-electron chi connectivity index (χ1n) is 10.8. The van der Waals surface area contributed by atoms with Gasteiger partial charge in [-0.2, -0.15) is 4.31 Å². The Morgan fingerprint density at radius 3 is 2.19 bits per heavy atom. The highest BCUT2D eigenvalue weighted by Gasteiger charge is 2.33. The van der Waals surface area contributed by atoms with Gasteiger partial charge in [0.05, 0.1) is 39.3 Å². The molecule has 1 heterocycles. The largest absolute Gasteiger partial charge is 0.394 e. The minimum absolute atomic E-state index is 0.164. The lowest BCUT2D eigenvalue weighted by atomic mass is 10.1. The van der Waals surface area contributed by atoms with E-state index in [1.807, 2.05) is 53.7 Å². The van der Waals surface area contributed by atoms with Crippen molar-refractivity contribution in [2.45, 2.75) is 69.7 Å². The van der Waals surface area contributed by atoms with E-state index in [0.717, 1.165) is 9.75 Å². The van der Waals surface area contributed by atoms with Gasteiger partial charge in [0.25, 0.3) is 0 Å². The van der Waals surface area contributed by atoms with Gasteiger partial charge < -0.3 is 5.11 Å². The minimum Gasteiger partial charge on any atom is -0.394 e. The van der Waals surface area contributed by atoms with Crippen LogP contribution in [0.2, 0.25) is 0 Å². The molecule has 0 unspecified atom stereocenters. The van der Waals surface area contributed by atoms with Crippen LogP contribution in [0.3, 0.4) is 0 Å². The molecule has 0 aliphatic heterocycles. The summed E-state index contributed by atoms with van der Waals surface area (Å²) in [7, 11) is -5.02. The van der Waals surface area contributed by atoms with Crippen molar-refractivity contribution >= 4 is 32.3 Å². The van der Waals surface area contributed by atoms with Gasteiger partial charge in [-0.05, 0) is 64.3 Å². The molecule has 0 amide bonds. The number of nitrogens with zero attached hydrogens (tertiary/aromatic N) is 1. The van der Waals surface area contributed by atoms with Crippen molar-refractivity contribution in [3.05, 3.63) is 52.2 Å². The Bertz CT molecular complexity index is 982. The lowest BCUT2D eigenvalue weighted by Crippen LogP contribution is -2.37. The van der Waals surface area contributed by atoms with Crippen LogP contribution in [-0.4, -0.2) is 39.9 Å². The SMILES string of the molecule is CC(C)CCN([C@H](CO)c1ccc([C@H](C)N[S@@](=O)C(C)(C)C)s1)S(=O)(=O)c1ccccc1. The molecule has 32 heavy (non-hydrogen) atoms. The van der Waals surface area contributed by atoms with Crippen molar-refractivity contribution in [2.24, 2.45) is 5.92 Å². The van der Waals surface area contributed by atoms with Gasteiger partial charge in [0.1, 0.15) is 0 Å². The van der Waals surface area contributed by atoms with E-state index < -0.39 is 27.1 Å². The molecule has 2 N–H and O–H groups in total. The first kappa shape index (κ1) is 27.1. The summed E-state index contributed by atoms with van der Waals surface area (Å²) in [5.41, 5.74) is 0. The van der Waals surface area contributed by atoms with Crippen molar-refractivity contribution in [2.75, 3.05) is 13.2 Å². The third-order valence-corrected chi connectivity index (χ3v) is 10.0. The van der Waals surface area contributed by atoms with E-state index in [1.165, 1.54) is 15.6 Å². The molecule has 180 valence electrons. The minimum atomic E-state index is -3.79. The van der Waals surface area contributed by atoms with Crippen LogP contribution < -0.4 is 4.72 Å². The summed E-state index contributed by atoms with van der Waals surface area (Å²) >= 11 is 1.44. The maximum absolute atomic E-state index is 13.5. The summed E-state index contributed by atoms with van der Waals surface area (Å²) in [4.78, 5) is 1.92. The Morgan fingerprint density at radius 1 is 1.06 bits per heavy atom. The molecule has 0 saturated carbocycles. The zero-order valence-electron chi connectivity index (χ0n) is 19.7. The van der Waals surface area contributed by atoms with Gasteiger partial charge in [-0.3, -0.25) is 0 Å². The third-order valence-electron chi connectivity index (χ3n) is 5.04. The normalized spacial score (nSPS) is 15.8. The van der Waals surface area contributed by atoms with E-state index in [4.69, 9.17) is 0 Å². The number of thiophene rings is 1. The van der Waals surface area contributed by atoms with E-state index >= 15 is 0 Å². The van der Waals surface area contributed by atoms with Crippen LogP contribution in [0.5, 0.6) is 0 Å². The van der Waals surface area contributed by atoms with Crippen LogP contribution in [0.25, 0.3) is 0 Å². The highest BCUT2D eigenvalue weighted by atomic mass is 32.2. The molecule has 0 aliphatic rings. The first-order chi connectivity index (χ1) is 14.9. The summed E-state index contributed by atoms with van der Waals surface area (Å²) in [6.07, 6.45) is 0.684. The van der Waals surface area contributed by atoms with Gasteiger partial charge >= 0.3 is 0 Å². The second kappa shape index (κ2) is 11.4. The first-order valence-corrected chi connectivity index (χ1v) is 14.2. The number of sulfonamides is 1. The fourth-order valence-electron chi connectivity index (χ4n) is 3.06. The summed E-state index contributed by atoms with van der Waals surface area (Å²) in [6.45, 7) is 11.8. The van der Waals surface area contributed by atoms with E-state index in [2.05, 4.69) is 4.72 Å². The number of hydrogen-bond acceptors (Lipinski definition) is 5. The zero-order chi connectivity index (χ0) is 24.1. The molecule has 0 aliphatic carbocycles. The van der Waals surface area contributed by atoms with Gasteiger partial charge in [0.15, 0.2) is 0 Å². The lowest BCUT2D eigenvalue weighted by Gasteiger charge is -2.30. The molecule has 1 aromatic carbocycles. The van der Waals surface area contributed by atoms with E-state index in [0.29, 0.717) is 18.9 Å². The van der Waals surface area contributed by atoms with Crippen LogP contribution >= 0.6 is 11.3 Å². The molecule has 3 atom stereocenters. The van der Waals surface area contributed by atoms with Gasteiger partial charge in [-0.25, -0.2) is 17.3 Å². The fraction of sp³-hybridized carbons (Fsp3) is 0.565. The average molecular weight is 501 g/mol. The van der Waals surface area contributed by atoms with Crippen molar-refractivity contribution in [1.82, 2.24) is 9.03 Å². The van der Waals surface area contributed by atoms with Gasteiger partial charge in [0, 0.05) is 16.3 Å². The van der Waals surface area contributed by atoms with Crippen molar-refractivity contribution < 1.29 is 17.7 Å². The van der Waals surface area contributed by atoms with Crippen LogP contribution in [0.1, 0.15) is 69.8 Å². The topological polar surface area (TPSA) is 86.7 Å². The van der Waals surface area contributed by atoms with Gasteiger partial charge in [0.2, 0.25) is 10.0 Å². The van der Waals surface area contributed by atoms with Crippen LogP contribution in [-0.2, 0) is 21.0 Å². The number of aliphatic hydroxyl groups is 1. The molecule has 0 radical (unpaired) electrons. The molecule has 0 bridgehead atoms. The molecule has 2 aromatic rings. The van der Waals surface area contributed by atoms with Crippen molar-refractivity contribution in [3.63, 3.8) is 0 Å². The highest BCUT2D eigenvalue weighted by Crippen LogP contribution is 2.34. The Hall–Kier alpha value is -1.10. The second-order valence-corrected chi connectivity index (χ2v) is 14.3. The summed E-state index contributed by atoms with van der Waals surface area (Å²) in [5.74, 6) is 0.318. The molecule has 9 heteroatoms. The van der Waals surface area contributed by atoms with E-state index in [-0.39, 0.29) is 22.3 Å².